The van der Waals surface area contributed by atoms with Gasteiger partial charge in [-0.15, -0.1) is 5.10 Å². The van der Waals surface area contributed by atoms with Gasteiger partial charge < -0.3 is 0 Å². The van der Waals surface area contributed by atoms with Crippen molar-refractivity contribution in [2.24, 2.45) is 0 Å². The number of benzene rings is 2. The molecule has 26 heavy (non-hydrogen) atoms. The molecule has 0 radical (unpaired) electrons. The molecule has 3 rings (SSSR count). The van der Waals surface area contributed by atoms with Crippen LogP contribution in [0.15, 0.2) is 53.4 Å². The minimum Gasteiger partial charge on any atom is -0.224 e. The van der Waals surface area contributed by atoms with Crippen molar-refractivity contribution in [1.29, 1.82) is 0 Å². The normalized spacial score (nSPS) is 12.3. The van der Waals surface area contributed by atoms with E-state index in [1.165, 1.54) is 24.3 Å². The molecule has 0 spiro atoms. The van der Waals surface area contributed by atoms with Crippen molar-refractivity contribution in [3.63, 3.8) is 0 Å². The van der Waals surface area contributed by atoms with Crippen LogP contribution in [0, 0.1) is 6.92 Å². The quantitative estimate of drug-likeness (QED) is 0.695. The van der Waals surface area contributed by atoms with E-state index in [-0.39, 0.29) is 16.4 Å². The van der Waals surface area contributed by atoms with Crippen LogP contribution < -0.4 is 0 Å². The number of sulfone groups is 1. The maximum atomic E-state index is 13.1. The lowest BCUT2D eigenvalue weighted by molar-refractivity contribution is -0.144. The average molecular weight is 381 g/mol. The number of nitrogens with zero attached hydrogens (tertiary/aromatic N) is 3. The molecule has 0 bridgehead atoms. The van der Waals surface area contributed by atoms with E-state index in [0.29, 0.717) is 5.56 Å². The van der Waals surface area contributed by atoms with Crippen LogP contribution in [0.5, 0.6) is 0 Å². The number of rotatable bonds is 3. The zero-order valence-electron chi connectivity index (χ0n) is 13.8. The third-order valence-electron chi connectivity index (χ3n) is 3.76. The second-order valence-electron chi connectivity index (χ2n) is 5.75. The molecule has 0 aliphatic carbocycles. The van der Waals surface area contributed by atoms with Gasteiger partial charge in [-0.1, -0.05) is 24.3 Å². The van der Waals surface area contributed by atoms with E-state index >= 15 is 0 Å². The average Bonchev–Trinajstić information content (AvgIpc) is 3.00. The van der Waals surface area contributed by atoms with Gasteiger partial charge in [-0.2, -0.15) is 13.2 Å². The third-order valence-corrected chi connectivity index (χ3v) is 4.88. The van der Waals surface area contributed by atoms with Crippen LogP contribution in [0.2, 0.25) is 0 Å². The van der Waals surface area contributed by atoms with Crippen LogP contribution >= 0.6 is 0 Å². The highest BCUT2D eigenvalue weighted by Gasteiger charge is 2.37. The molecular formula is C17H14F3N3O2S. The van der Waals surface area contributed by atoms with Gasteiger partial charge in [-0.25, -0.2) is 18.1 Å². The molecule has 2 aromatic carbocycles. The first-order chi connectivity index (χ1) is 12.1. The molecule has 5 nitrogen and oxygen atoms in total. The first-order valence-corrected chi connectivity index (χ1v) is 9.37. The Hall–Kier alpha value is -2.68. The summed E-state index contributed by atoms with van der Waals surface area (Å²) in [4.78, 5) is 3.73. The van der Waals surface area contributed by atoms with E-state index in [9.17, 15) is 21.6 Å². The van der Waals surface area contributed by atoms with Gasteiger partial charge in [0.05, 0.1) is 10.6 Å². The third kappa shape index (κ3) is 3.48. The summed E-state index contributed by atoms with van der Waals surface area (Å²) in [5, 5.41) is 3.59. The van der Waals surface area contributed by atoms with Crippen LogP contribution in [0.1, 0.15) is 11.4 Å². The Morgan fingerprint density at radius 2 is 1.62 bits per heavy atom. The largest absolute Gasteiger partial charge is 0.453 e. The van der Waals surface area contributed by atoms with Gasteiger partial charge in [0, 0.05) is 11.8 Å². The fraction of sp³-hybridized carbons (Fsp3) is 0.176. The molecule has 9 heteroatoms. The fourth-order valence-corrected chi connectivity index (χ4v) is 3.08. The molecule has 1 heterocycles. The zero-order valence-corrected chi connectivity index (χ0v) is 14.6. The molecule has 0 unspecified atom stereocenters. The monoisotopic (exact) mass is 381 g/mol. The molecule has 0 aliphatic heterocycles. The van der Waals surface area contributed by atoms with E-state index in [0.717, 1.165) is 16.5 Å². The van der Waals surface area contributed by atoms with E-state index in [1.807, 2.05) is 0 Å². The summed E-state index contributed by atoms with van der Waals surface area (Å²) in [5.41, 5.74) is 1.52. The van der Waals surface area contributed by atoms with Crippen molar-refractivity contribution < 1.29 is 21.6 Å². The Morgan fingerprint density at radius 1 is 1.00 bits per heavy atom. The van der Waals surface area contributed by atoms with Crippen LogP contribution in [0.3, 0.4) is 0 Å². The van der Waals surface area contributed by atoms with Gasteiger partial charge in [-0.3, -0.25) is 0 Å². The lowest BCUT2D eigenvalue weighted by atomic mass is 10.1. The fourth-order valence-electron chi connectivity index (χ4n) is 2.44. The predicted molar refractivity (Wildman–Crippen MR) is 89.6 cm³/mol. The Balaban J connectivity index is 2.20. The topological polar surface area (TPSA) is 64.8 Å². The Labute approximate surface area is 148 Å². The van der Waals surface area contributed by atoms with E-state index in [2.05, 4.69) is 10.1 Å². The van der Waals surface area contributed by atoms with E-state index < -0.39 is 21.8 Å². The number of hydrogen-bond acceptors (Lipinski definition) is 4. The molecular weight excluding hydrogens is 367 g/mol. The van der Waals surface area contributed by atoms with Crippen molar-refractivity contribution in [3.05, 3.63) is 59.9 Å². The number of aryl methyl sites for hydroxylation is 1. The molecule has 0 N–H and O–H groups in total. The number of alkyl halides is 3. The molecule has 3 aromatic rings. The molecule has 0 saturated carbocycles. The Morgan fingerprint density at radius 3 is 2.15 bits per heavy atom. The number of hydrogen-bond donors (Lipinski definition) is 0. The molecule has 0 fully saturated rings. The highest BCUT2D eigenvalue weighted by molar-refractivity contribution is 7.90. The van der Waals surface area contributed by atoms with Crippen molar-refractivity contribution in [2.75, 3.05) is 6.26 Å². The summed E-state index contributed by atoms with van der Waals surface area (Å²) < 4.78 is 63.5. The Bertz CT molecular complexity index is 1060. The van der Waals surface area contributed by atoms with Crippen molar-refractivity contribution in [1.82, 2.24) is 14.8 Å². The van der Waals surface area contributed by atoms with Crippen LogP contribution in [0.4, 0.5) is 13.2 Å². The first kappa shape index (κ1) is 18.1. The summed E-state index contributed by atoms with van der Waals surface area (Å²) in [7, 11) is -3.41. The molecule has 0 atom stereocenters. The summed E-state index contributed by atoms with van der Waals surface area (Å²) in [6, 6.07) is 12.3. The van der Waals surface area contributed by atoms with Crippen molar-refractivity contribution in [2.45, 2.75) is 18.0 Å². The standard InChI is InChI=1S/C17H14F3N3O2S/c1-11-5-3-4-6-14(11)15-21-16(17(18,19)20)22-23(15)12-7-9-13(10-8-12)26(2,24)25/h3-10H,1-2H3. The summed E-state index contributed by atoms with van der Waals surface area (Å²) in [5.74, 6) is -1.23. The summed E-state index contributed by atoms with van der Waals surface area (Å²) in [6.45, 7) is 1.76. The van der Waals surface area contributed by atoms with Gasteiger partial charge in [0.1, 0.15) is 0 Å². The maximum absolute atomic E-state index is 13.1. The van der Waals surface area contributed by atoms with Crippen LogP contribution in [0.25, 0.3) is 17.1 Å². The second-order valence-corrected chi connectivity index (χ2v) is 7.77. The highest BCUT2D eigenvalue weighted by atomic mass is 32.2. The van der Waals surface area contributed by atoms with Gasteiger partial charge in [0.2, 0.25) is 0 Å². The van der Waals surface area contributed by atoms with E-state index in [1.54, 1.807) is 31.2 Å². The Kier molecular flexibility index (Phi) is 4.35. The molecule has 0 amide bonds. The molecule has 1 aromatic heterocycles. The van der Waals surface area contributed by atoms with Crippen molar-refractivity contribution in [3.8, 4) is 17.1 Å². The smallest absolute Gasteiger partial charge is 0.224 e. The minimum atomic E-state index is -4.70. The number of halogens is 3. The predicted octanol–water partition coefficient (Wildman–Crippen LogP) is 3.67. The minimum absolute atomic E-state index is 0.0301. The summed E-state index contributed by atoms with van der Waals surface area (Å²) in [6.07, 6.45) is -3.65. The first-order valence-electron chi connectivity index (χ1n) is 7.48. The van der Waals surface area contributed by atoms with Gasteiger partial charge in [0.15, 0.2) is 15.7 Å². The lowest BCUT2D eigenvalue weighted by Crippen LogP contribution is -2.08. The summed E-state index contributed by atoms with van der Waals surface area (Å²) >= 11 is 0. The lowest BCUT2D eigenvalue weighted by Gasteiger charge is -2.08. The molecule has 0 aliphatic rings. The van der Waals surface area contributed by atoms with Gasteiger partial charge in [0.25, 0.3) is 5.82 Å². The van der Waals surface area contributed by atoms with Crippen LogP contribution in [-0.4, -0.2) is 29.4 Å². The van der Waals surface area contributed by atoms with Crippen molar-refractivity contribution >= 4 is 9.84 Å². The van der Waals surface area contributed by atoms with E-state index in [4.69, 9.17) is 0 Å². The number of aromatic nitrogens is 3. The van der Waals surface area contributed by atoms with Gasteiger partial charge >= 0.3 is 6.18 Å². The molecule has 0 saturated heterocycles. The molecule has 136 valence electrons. The van der Waals surface area contributed by atoms with Crippen LogP contribution in [-0.2, 0) is 16.0 Å². The maximum Gasteiger partial charge on any atom is 0.453 e. The second kappa shape index (κ2) is 6.24. The van der Waals surface area contributed by atoms with Gasteiger partial charge in [-0.05, 0) is 36.8 Å². The highest BCUT2D eigenvalue weighted by Crippen LogP contribution is 2.31. The SMILES string of the molecule is Cc1ccccc1-c1nc(C(F)(F)F)nn1-c1ccc(S(C)(=O)=O)cc1. The zero-order chi connectivity index (χ0) is 19.1.